The zero-order chi connectivity index (χ0) is 27.3. The second-order valence-electron chi connectivity index (χ2n) is 9.01. The monoisotopic (exact) mass is 546 g/mol. The van der Waals surface area contributed by atoms with Crippen molar-refractivity contribution in [1.29, 1.82) is 0 Å². The number of carbonyl (C=O) groups excluding carboxylic acids is 1. The van der Waals surface area contributed by atoms with Gasteiger partial charge in [-0.3, -0.25) is 20.1 Å². The zero-order valence-electron chi connectivity index (χ0n) is 21.6. The van der Waals surface area contributed by atoms with Crippen molar-refractivity contribution in [2.75, 3.05) is 37.1 Å². The SMILES string of the molecule is C/C=C(\C)N.C=CCCl.O=CNN1CC2(CCN(C/C=C/c3ccc(Cl)cc3)CC2)c2cc(F)ccc21. The molecule has 1 amide bonds. The first-order valence-corrected chi connectivity index (χ1v) is 13.2. The predicted molar refractivity (Wildman–Crippen MR) is 155 cm³/mol. The Morgan fingerprint density at radius 1 is 1.22 bits per heavy atom. The number of likely N-dealkylation sites (tertiary alicyclic amines) is 1. The number of fused-ring (bicyclic) bond motifs is 2. The van der Waals surface area contributed by atoms with Crippen LogP contribution in [0.5, 0.6) is 0 Å². The molecule has 37 heavy (non-hydrogen) atoms. The number of nitrogens with zero attached hydrogens (tertiary/aromatic N) is 2. The highest BCUT2D eigenvalue weighted by Gasteiger charge is 2.44. The van der Waals surface area contributed by atoms with Gasteiger partial charge in [0, 0.05) is 35.1 Å². The largest absolute Gasteiger partial charge is 0.403 e. The fourth-order valence-corrected chi connectivity index (χ4v) is 4.45. The van der Waals surface area contributed by atoms with E-state index in [9.17, 15) is 9.18 Å². The van der Waals surface area contributed by atoms with Crippen molar-refractivity contribution in [2.45, 2.75) is 32.1 Å². The summed E-state index contributed by atoms with van der Waals surface area (Å²) in [5.74, 6) is 0.333. The molecule has 2 aromatic carbocycles. The smallest absolute Gasteiger partial charge is 0.225 e. The van der Waals surface area contributed by atoms with Crippen LogP contribution in [0.2, 0.25) is 5.02 Å². The van der Waals surface area contributed by atoms with E-state index in [-0.39, 0.29) is 11.2 Å². The molecule has 2 aliphatic heterocycles. The molecule has 2 aliphatic rings. The first-order valence-electron chi connectivity index (χ1n) is 12.3. The molecule has 0 aromatic heterocycles. The number of nitrogens with two attached hydrogens (primary N) is 1. The lowest BCUT2D eigenvalue weighted by Gasteiger charge is -2.39. The molecular formula is C29H37Cl2FN4O. The number of anilines is 1. The molecule has 1 spiro atoms. The van der Waals surface area contributed by atoms with Crippen molar-refractivity contribution in [3.63, 3.8) is 0 Å². The van der Waals surface area contributed by atoms with Crippen LogP contribution < -0.4 is 16.2 Å². The number of hydrogen-bond donors (Lipinski definition) is 2. The lowest BCUT2D eigenvalue weighted by atomic mass is 9.74. The van der Waals surface area contributed by atoms with Gasteiger partial charge in [-0.25, -0.2) is 4.39 Å². The van der Waals surface area contributed by atoms with Crippen molar-refractivity contribution in [3.05, 3.63) is 94.9 Å². The van der Waals surface area contributed by atoms with Gasteiger partial charge in [0.25, 0.3) is 0 Å². The van der Waals surface area contributed by atoms with Crippen LogP contribution in [0.25, 0.3) is 6.08 Å². The standard InChI is InChI=1S/C22H23ClFN3O.C4H9N.C3H5Cl/c23-18-5-3-17(4-6-18)2-1-11-26-12-9-22(10-13-26)15-27(25-16-28)21-8-7-19(24)14-20(21)22;1-3-4(2)5;1-2-3-4/h1-8,14,16H,9-13,15H2,(H,25,28);3H,5H2,1-2H3;2H,1,3H2/b2-1+;4-3+;. The van der Waals surface area contributed by atoms with Gasteiger partial charge < -0.3 is 5.73 Å². The summed E-state index contributed by atoms with van der Waals surface area (Å²) in [6.45, 7) is 10.6. The molecule has 1 fully saturated rings. The highest BCUT2D eigenvalue weighted by Crippen LogP contribution is 2.46. The maximum atomic E-state index is 13.9. The van der Waals surface area contributed by atoms with Gasteiger partial charge in [-0.15, -0.1) is 18.2 Å². The van der Waals surface area contributed by atoms with Crippen LogP contribution in [0, 0.1) is 5.82 Å². The summed E-state index contributed by atoms with van der Waals surface area (Å²) >= 11 is 11.0. The number of hydrogen-bond acceptors (Lipinski definition) is 4. The van der Waals surface area contributed by atoms with E-state index in [4.69, 9.17) is 28.9 Å². The molecule has 0 aliphatic carbocycles. The molecule has 1 saturated heterocycles. The Labute approximate surface area is 230 Å². The summed E-state index contributed by atoms with van der Waals surface area (Å²) in [6, 6.07) is 12.6. The minimum atomic E-state index is -0.223. The molecule has 2 heterocycles. The minimum Gasteiger partial charge on any atom is -0.403 e. The van der Waals surface area contributed by atoms with E-state index in [2.05, 4.69) is 29.1 Å². The van der Waals surface area contributed by atoms with E-state index in [1.165, 1.54) is 6.07 Å². The second-order valence-corrected chi connectivity index (χ2v) is 9.75. The third-order valence-electron chi connectivity index (χ3n) is 6.41. The molecule has 8 heteroatoms. The summed E-state index contributed by atoms with van der Waals surface area (Å²) in [6.07, 6.45) is 10.3. The predicted octanol–water partition coefficient (Wildman–Crippen LogP) is 6.29. The number of benzene rings is 2. The molecule has 0 unspecified atom stereocenters. The maximum absolute atomic E-state index is 13.9. The van der Waals surface area contributed by atoms with Crippen LogP contribution in [0.3, 0.4) is 0 Å². The Bertz CT molecular complexity index is 1060. The first kappa shape index (κ1) is 30.4. The van der Waals surface area contributed by atoms with E-state index >= 15 is 0 Å². The number of amides is 1. The quantitative estimate of drug-likeness (QED) is 0.254. The van der Waals surface area contributed by atoms with Gasteiger partial charge in [0.05, 0.1) is 5.69 Å². The van der Waals surface area contributed by atoms with Crippen molar-refractivity contribution < 1.29 is 9.18 Å². The van der Waals surface area contributed by atoms with Crippen LogP contribution >= 0.6 is 23.2 Å². The Kier molecular flexibility index (Phi) is 12.7. The number of rotatable bonds is 6. The normalized spacial score (nSPS) is 16.4. The number of hydrazine groups is 1. The van der Waals surface area contributed by atoms with Crippen molar-refractivity contribution >= 4 is 41.4 Å². The average Bonchev–Trinajstić information content (AvgIpc) is 3.19. The molecule has 3 N–H and O–H groups in total. The van der Waals surface area contributed by atoms with Gasteiger partial charge in [0.2, 0.25) is 6.41 Å². The number of allylic oxidation sites excluding steroid dienone is 3. The van der Waals surface area contributed by atoms with E-state index < -0.39 is 0 Å². The molecule has 0 bridgehead atoms. The lowest BCUT2D eigenvalue weighted by Crippen LogP contribution is -2.47. The van der Waals surface area contributed by atoms with E-state index in [0.29, 0.717) is 18.8 Å². The van der Waals surface area contributed by atoms with Crippen molar-refractivity contribution in [1.82, 2.24) is 10.3 Å². The van der Waals surface area contributed by atoms with Crippen LogP contribution in [0.4, 0.5) is 10.1 Å². The Hall–Kier alpha value is -2.80. The van der Waals surface area contributed by atoms with Gasteiger partial charge in [-0.1, -0.05) is 48.0 Å². The third kappa shape index (κ3) is 9.22. The molecule has 4 rings (SSSR count). The fraction of sp³-hybridized carbons (Fsp3) is 0.345. The van der Waals surface area contributed by atoms with Gasteiger partial charge in [0.15, 0.2) is 0 Å². The van der Waals surface area contributed by atoms with Crippen LogP contribution in [0.15, 0.2) is 73.0 Å². The number of piperidine rings is 1. The third-order valence-corrected chi connectivity index (χ3v) is 6.88. The Balaban J connectivity index is 0.000000464. The van der Waals surface area contributed by atoms with E-state index in [0.717, 1.165) is 60.0 Å². The number of nitrogens with one attached hydrogen (secondary N) is 1. The summed E-state index contributed by atoms with van der Waals surface area (Å²) in [5.41, 5.74) is 11.7. The van der Waals surface area contributed by atoms with Gasteiger partial charge in [-0.05, 0) is 81.2 Å². The lowest BCUT2D eigenvalue weighted by molar-refractivity contribution is -0.109. The highest BCUT2D eigenvalue weighted by molar-refractivity contribution is 6.30. The molecular weight excluding hydrogens is 510 g/mol. The Morgan fingerprint density at radius 2 is 1.84 bits per heavy atom. The Morgan fingerprint density at radius 3 is 2.38 bits per heavy atom. The highest BCUT2D eigenvalue weighted by atomic mass is 35.5. The van der Waals surface area contributed by atoms with E-state index in [1.807, 2.05) is 49.2 Å². The molecule has 200 valence electrons. The number of alkyl halides is 1. The van der Waals surface area contributed by atoms with Crippen LogP contribution in [-0.2, 0) is 10.2 Å². The molecule has 0 radical (unpaired) electrons. The van der Waals surface area contributed by atoms with E-state index in [1.54, 1.807) is 18.2 Å². The summed E-state index contributed by atoms with van der Waals surface area (Å²) in [4.78, 5) is 13.4. The molecule has 2 aromatic rings. The minimum absolute atomic E-state index is 0.107. The summed E-state index contributed by atoms with van der Waals surface area (Å²) in [5, 5.41) is 2.59. The van der Waals surface area contributed by atoms with Gasteiger partial charge in [-0.2, -0.15) is 0 Å². The van der Waals surface area contributed by atoms with Crippen molar-refractivity contribution in [3.8, 4) is 0 Å². The molecule has 5 nitrogen and oxygen atoms in total. The first-order chi connectivity index (χ1) is 17.8. The maximum Gasteiger partial charge on any atom is 0.225 e. The van der Waals surface area contributed by atoms with Crippen molar-refractivity contribution in [2.24, 2.45) is 5.73 Å². The van der Waals surface area contributed by atoms with Crippen LogP contribution in [0.1, 0.15) is 37.8 Å². The number of halogens is 3. The fourth-order valence-electron chi connectivity index (χ4n) is 4.32. The molecule has 0 atom stereocenters. The van der Waals surface area contributed by atoms with Gasteiger partial charge in [0.1, 0.15) is 5.82 Å². The topological polar surface area (TPSA) is 61.6 Å². The summed E-state index contributed by atoms with van der Waals surface area (Å²) in [7, 11) is 0. The summed E-state index contributed by atoms with van der Waals surface area (Å²) < 4.78 is 13.9. The number of carbonyl (C=O) groups is 1. The second kappa shape index (κ2) is 15.5. The molecule has 0 saturated carbocycles. The average molecular weight is 548 g/mol. The van der Waals surface area contributed by atoms with Gasteiger partial charge >= 0.3 is 0 Å². The van der Waals surface area contributed by atoms with Crippen LogP contribution in [-0.4, -0.2) is 43.4 Å². The zero-order valence-corrected chi connectivity index (χ0v) is 23.1.